The van der Waals surface area contributed by atoms with Crippen LogP contribution in [0, 0.1) is 6.92 Å². The summed E-state index contributed by atoms with van der Waals surface area (Å²) in [5.74, 6) is 0.555. The van der Waals surface area contributed by atoms with Crippen LogP contribution in [0.2, 0.25) is 0 Å². The standard InChI is InChI=1S/C19H27N3O5/c1-3-26-19(25)22-10-8-21(9-11-22)17(23)16-13(2)12-15(27-18(16)24)14-4-6-20-7-5-14/h12,14,20H,3-11H2,1-2H3. The smallest absolute Gasteiger partial charge is 0.409 e. The number of rotatable bonds is 3. The number of amides is 2. The van der Waals surface area contributed by atoms with Gasteiger partial charge in [0.25, 0.3) is 5.91 Å². The number of hydrogen-bond donors (Lipinski definition) is 1. The van der Waals surface area contributed by atoms with Gasteiger partial charge in [-0.1, -0.05) is 0 Å². The highest BCUT2D eigenvalue weighted by molar-refractivity contribution is 5.95. The number of piperazine rings is 1. The van der Waals surface area contributed by atoms with Crippen molar-refractivity contribution in [3.63, 3.8) is 0 Å². The molecule has 0 saturated carbocycles. The second kappa shape index (κ2) is 8.56. The molecule has 0 aromatic carbocycles. The van der Waals surface area contributed by atoms with Crippen molar-refractivity contribution in [1.82, 2.24) is 15.1 Å². The Morgan fingerprint density at radius 3 is 2.41 bits per heavy atom. The summed E-state index contributed by atoms with van der Waals surface area (Å²) in [4.78, 5) is 40.3. The molecule has 3 heterocycles. The minimum absolute atomic E-state index is 0.0947. The summed E-state index contributed by atoms with van der Waals surface area (Å²) >= 11 is 0. The van der Waals surface area contributed by atoms with E-state index in [1.807, 2.05) is 6.07 Å². The highest BCUT2D eigenvalue weighted by Gasteiger charge is 2.29. The van der Waals surface area contributed by atoms with E-state index in [-0.39, 0.29) is 23.5 Å². The third-order valence-corrected chi connectivity index (χ3v) is 5.22. The van der Waals surface area contributed by atoms with Crippen molar-refractivity contribution in [3.05, 3.63) is 33.4 Å². The molecule has 1 aromatic rings. The van der Waals surface area contributed by atoms with E-state index >= 15 is 0 Å². The van der Waals surface area contributed by atoms with E-state index in [2.05, 4.69) is 5.32 Å². The molecule has 3 rings (SSSR count). The second-order valence-corrected chi connectivity index (χ2v) is 7.00. The van der Waals surface area contributed by atoms with Crippen molar-refractivity contribution in [2.24, 2.45) is 0 Å². The van der Waals surface area contributed by atoms with Gasteiger partial charge < -0.3 is 24.3 Å². The molecule has 27 heavy (non-hydrogen) atoms. The van der Waals surface area contributed by atoms with Gasteiger partial charge in [-0.15, -0.1) is 0 Å². The Bertz CT molecular complexity index is 746. The number of nitrogens with one attached hydrogen (secondary N) is 1. The van der Waals surface area contributed by atoms with Gasteiger partial charge in [0.2, 0.25) is 0 Å². The highest BCUT2D eigenvalue weighted by atomic mass is 16.6. The van der Waals surface area contributed by atoms with Crippen LogP contribution in [-0.2, 0) is 4.74 Å². The lowest BCUT2D eigenvalue weighted by molar-refractivity contribution is 0.0565. The van der Waals surface area contributed by atoms with Crippen molar-refractivity contribution < 1.29 is 18.7 Å². The fourth-order valence-corrected chi connectivity index (χ4v) is 3.66. The molecule has 8 heteroatoms. The summed E-state index contributed by atoms with van der Waals surface area (Å²) in [5, 5.41) is 3.29. The van der Waals surface area contributed by atoms with E-state index in [1.54, 1.807) is 23.6 Å². The summed E-state index contributed by atoms with van der Waals surface area (Å²) in [6, 6.07) is 1.83. The lowest BCUT2D eigenvalue weighted by atomic mass is 9.94. The summed E-state index contributed by atoms with van der Waals surface area (Å²) in [7, 11) is 0. The number of piperidine rings is 1. The van der Waals surface area contributed by atoms with Crippen LogP contribution in [0.25, 0.3) is 0 Å². The molecule has 148 valence electrons. The van der Waals surface area contributed by atoms with E-state index in [9.17, 15) is 14.4 Å². The van der Waals surface area contributed by atoms with Crippen molar-refractivity contribution in [1.29, 1.82) is 0 Å². The predicted molar refractivity (Wildman–Crippen MR) is 99.1 cm³/mol. The van der Waals surface area contributed by atoms with Crippen LogP contribution in [0.15, 0.2) is 15.3 Å². The molecular formula is C19H27N3O5. The van der Waals surface area contributed by atoms with Gasteiger partial charge in [0.05, 0.1) is 6.61 Å². The Labute approximate surface area is 158 Å². The molecule has 2 amide bonds. The first-order chi connectivity index (χ1) is 13.0. The molecule has 2 fully saturated rings. The Kier molecular flexibility index (Phi) is 6.15. The lowest BCUT2D eigenvalue weighted by Crippen LogP contribution is -2.51. The number of nitrogens with zero attached hydrogens (tertiary/aromatic N) is 2. The molecule has 2 saturated heterocycles. The summed E-state index contributed by atoms with van der Waals surface area (Å²) in [6.45, 7) is 7.18. The van der Waals surface area contributed by atoms with E-state index in [1.165, 1.54) is 0 Å². The molecule has 0 atom stereocenters. The molecule has 2 aliphatic rings. The summed E-state index contributed by atoms with van der Waals surface area (Å²) in [6.07, 6.45) is 1.48. The number of carbonyl (C=O) groups excluding carboxylic acids is 2. The van der Waals surface area contributed by atoms with Gasteiger partial charge in [0.15, 0.2) is 0 Å². The third-order valence-electron chi connectivity index (χ3n) is 5.22. The lowest BCUT2D eigenvalue weighted by Gasteiger charge is -2.34. The van der Waals surface area contributed by atoms with Crippen LogP contribution < -0.4 is 10.9 Å². The van der Waals surface area contributed by atoms with Crippen LogP contribution in [0.3, 0.4) is 0 Å². The fraction of sp³-hybridized carbons (Fsp3) is 0.632. The average Bonchev–Trinajstić information content (AvgIpc) is 2.68. The molecule has 2 aliphatic heterocycles. The predicted octanol–water partition coefficient (Wildman–Crippen LogP) is 1.33. The van der Waals surface area contributed by atoms with Gasteiger partial charge in [0.1, 0.15) is 11.3 Å². The van der Waals surface area contributed by atoms with E-state index < -0.39 is 5.63 Å². The number of hydrogen-bond acceptors (Lipinski definition) is 6. The molecule has 8 nitrogen and oxygen atoms in total. The summed E-state index contributed by atoms with van der Waals surface area (Å²) in [5.41, 5.74) is 0.177. The van der Waals surface area contributed by atoms with E-state index in [0.29, 0.717) is 44.1 Å². The van der Waals surface area contributed by atoms with Crippen LogP contribution in [0.4, 0.5) is 4.79 Å². The van der Waals surface area contributed by atoms with E-state index in [4.69, 9.17) is 9.15 Å². The average molecular weight is 377 g/mol. The Morgan fingerprint density at radius 2 is 1.81 bits per heavy atom. The molecule has 0 unspecified atom stereocenters. The van der Waals surface area contributed by atoms with Gasteiger partial charge in [-0.3, -0.25) is 4.79 Å². The van der Waals surface area contributed by atoms with Gasteiger partial charge in [-0.2, -0.15) is 0 Å². The van der Waals surface area contributed by atoms with Crippen molar-refractivity contribution in [2.45, 2.75) is 32.6 Å². The van der Waals surface area contributed by atoms with Gasteiger partial charge in [-0.25, -0.2) is 9.59 Å². The Balaban J connectivity index is 1.70. The van der Waals surface area contributed by atoms with Crippen molar-refractivity contribution >= 4 is 12.0 Å². The largest absolute Gasteiger partial charge is 0.450 e. The minimum Gasteiger partial charge on any atom is -0.450 e. The minimum atomic E-state index is -0.568. The molecule has 1 N–H and O–H groups in total. The van der Waals surface area contributed by atoms with Crippen molar-refractivity contribution in [2.75, 3.05) is 45.9 Å². The van der Waals surface area contributed by atoms with Crippen LogP contribution in [0.5, 0.6) is 0 Å². The van der Waals surface area contributed by atoms with Crippen LogP contribution >= 0.6 is 0 Å². The zero-order valence-electron chi connectivity index (χ0n) is 16.0. The zero-order valence-corrected chi connectivity index (χ0v) is 16.0. The maximum atomic E-state index is 12.9. The molecule has 0 bridgehead atoms. The normalized spacial score (nSPS) is 18.4. The van der Waals surface area contributed by atoms with Gasteiger partial charge in [-0.05, 0) is 51.4 Å². The maximum Gasteiger partial charge on any atom is 0.409 e. The first-order valence-corrected chi connectivity index (χ1v) is 9.57. The van der Waals surface area contributed by atoms with Crippen LogP contribution in [0.1, 0.15) is 47.4 Å². The number of aryl methyl sites for hydroxylation is 1. The highest BCUT2D eigenvalue weighted by Crippen LogP contribution is 2.25. The number of carbonyl (C=O) groups is 2. The van der Waals surface area contributed by atoms with E-state index in [0.717, 1.165) is 25.9 Å². The third kappa shape index (κ3) is 4.32. The molecule has 0 radical (unpaired) electrons. The fourth-order valence-electron chi connectivity index (χ4n) is 3.66. The first kappa shape index (κ1) is 19.4. The SMILES string of the molecule is CCOC(=O)N1CCN(C(=O)c2c(C)cc(C3CCNCC3)oc2=O)CC1. The zero-order chi connectivity index (χ0) is 19.4. The topological polar surface area (TPSA) is 92.1 Å². The quantitative estimate of drug-likeness (QED) is 0.854. The number of ether oxygens (including phenoxy) is 1. The Morgan fingerprint density at radius 1 is 1.19 bits per heavy atom. The Hall–Kier alpha value is -2.35. The molecule has 0 spiro atoms. The van der Waals surface area contributed by atoms with Crippen molar-refractivity contribution in [3.8, 4) is 0 Å². The first-order valence-electron chi connectivity index (χ1n) is 9.57. The van der Waals surface area contributed by atoms with Gasteiger partial charge in [0, 0.05) is 32.1 Å². The summed E-state index contributed by atoms with van der Waals surface area (Å²) < 4.78 is 10.5. The van der Waals surface area contributed by atoms with Crippen LogP contribution in [-0.4, -0.2) is 67.7 Å². The maximum absolute atomic E-state index is 12.9. The molecular weight excluding hydrogens is 350 g/mol. The molecule has 1 aromatic heterocycles. The molecule has 0 aliphatic carbocycles. The monoisotopic (exact) mass is 377 g/mol. The second-order valence-electron chi connectivity index (χ2n) is 7.00. The van der Waals surface area contributed by atoms with Gasteiger partial charge >= 0.3 is 11.7 Å².